The molecule has 4 heteroatoms. The second-order valence-corrected chi connectivity index (χ2v) is 11.7. The molecule has 0 N–H and O–H groups in total. The van der Waals surface area contributed by atoms with Gasteiger partial charge in [0.1, 0.15) is 0 Å². The minimum Gasteiger partial charge on any atom is -0.445 e. The molecule has 0 saturated heterocycles. The first-order chi connectivity index (χ1) is 9.68. The Morgan fingerprint density at radius 3 is 1.95 bits per heavy atom. The second-order valence-electron chi connectivity index (χ2n) is 6.25. The lowest BCUT2D eigenvalue weighted by molar-refractivity contribution is -0.142. The van der Waals surface area contributed by atoms with Crippen LogP contribution in [0.5, 0.6) is 0 Å². The summed E-state index contributed by atoms with van der Waals surface area (Å²) in [4.78, 5) is 10.9. The topological polar surface area (TPSA) is 35.5 Å². The minimum absolute atomic E-state index is 0.376. The SMILES string of the molecule is C#C[C@@H](C=CCO[Si](C(C)C)(C(C)C)C(C)C)OC(C)=O. The molecule has 0 aliphatic carbocycles. The quantitative estimate of drug-likeness (QED) is 0.290. The van der Waals surface area contributed by atoms with Gasteiger partial charge in [-0.15, -0.1) is 6.42 Å². The summed E-state index contributed by atoms with van der Waals surface area (Å²) < 4.78 is 11.3. The van der Waals surface area contributed by atoms with Crippen LogP contribution in [-0.4, -0.2) is 27.0 Å². The van der Waals surface area contributed by atoms with Crippen LogP contribution in [0, 0.1) is 12.3 Å². The van der Waals surface area contributed by atoms with Crippen LogP contribution in [0.1, 0.15) is 48.5 Å². The molecule has 0 amide bonds. The molecule has 0 aromatic heterocycles. The second kappa shape index (κ2) is 9.06. The molecule has 0 saturated carbocycles. The molecule has 0 aromatic rings. The number of hydrogen-bond acceptors (Lipinski definition) is 3. The molecule has 0 aliphatic rings. The van der Waals surface area contributed by atoms with Gasteiger partial charge < -0.3 is 9.16 Å². The van der Waals surface area contributed by atoms with E-state index in [4.69, 9.17) is 15.6 Å². The monoisotopic (exact) mass is 310 g/mol. The molecule has 0 radical (unpaired) electrons. The number of ether oxygens (including phenoxy) is 1. The van der Waals surface area contributed by atoms with Crippen molar-refractivity contribution in [3.63, 3.8) is 0 Å². The number of rotatable bonds is 8. The van der Waals surface area contributed by atoms with Crippen molar-refractivity contribution in [2.24, 2.45) is 0 Å². The third kappa shape index (κ3) is 5.68. The molecular formula is C17H30O3Si. The summed E-state index contributed by atoms with van der Waals surface area (Å²) in [5.74, 6) is 2.05. The first-order valence-electron chi connectivity index (χ1n) is 7.62. The maximum atomic E-state index is 10.9. The maximum Gasteiger partial charge on any atom is 0.304 e. The fourth-order valence-corrected chi connectivity index (χ4v) is 8.56. The number of carbonyl (C=O) groups excluding carboxylic acids is 1. The smallest absolute Gasteiger partial charge is 0.304 e. The van der Waals surface area contributed by atoms with E-state index < -0.39 is 14.4 Å². The highest BCUT2D eigenvalue weighted by Gasteiger charge is 2.44. The van der Waals surface area contributed by atoms with Crippen molar-refractivity contribution in [1.29, 1.82) is 0 Å². The Morgan fingerprint density at radius 2 is 1.62 bits per heavy atom. The summed E-state index contributed by atoms with van der Waals surface area (Å²) in [7, 11) is -1.85. The zero-order chi connectivity index (χ0) is 16.6. The predicted octanol–water partition coefficient (Wildman–Crippen LogP) is 4.30. The average Bonchev–Trinajstić information content (AvgIpc) is 2.35. The van der Waals surface area contributed by atoms with Gasteiger partial charge >= 0.3 is 5.97 Å². The van der Waals surface area contributed by atoms with Crippen LogP contribution in [-0.2, 0) is 14.0 Å². The van der Waals surface area contributed by atoms with Crippen LogP contribution >= 0.6 is 0 Å². The highest BCUT2D eigenvalue weighted by Crippen LogP contribution is 2.42. The van der Waals surface area contributed by atoms with Crippen LogP contribution in [0.25, 0.3) is 0 Å². The predicted molar refractivity (Wildman–Crippen MR) is 90.5 cm³/mol. The third-order valence-corrected chi connectivity index (χ3v) is 9.99. The van der Waals surface area contributed by atoms with E-state index in [1.54, 1.807) is 6.08 Å². The van der Waals surface area contributed by atoms with Gasteiger partial charge in [-0.3, -0.25) is 4.79 Å². The van der Waals surface area contributed by atoms with E-state index in [9.17, 15) is 4.79 Å². The first kappa shape index (κ1) is 19.9. The Balaban J connectivity index is 4.79. The van der Waals surface area contributed by atoms with Gasteiger partial charge in [0.05, 0.1) is 6.61 Å². The Labute approximate surface area is 131 Å². The van der Waals surface area contributed by atoms with Crippen molar-refractivity contribution in [2.45, 2.75) is 71.2 Å². The van der Waals surface area contributed by atoms with Gasteiger partial charge in [0.2, 0.25) is 8.32 Å². The Morgan fingerprint density at radius 1 is 1.14 bits per heavy atom. The molecule has 0 heterocycles. The Kier molecular flexibility index (Phi) is 8.61. The summed E-state index contributed by atoms with van der Waals surface area (Å²) in [5.41, 5.74) is 1.63. The fraction of sp³-hybridized carbons (Fsp3) is 0.706. The highest BCUT2D eigenvalue weighted by atomic mass is 28.4. The number of terminal acetylenes is 1. The molecule has 0 aliphatic heterocycles. The van der Waals surface area contributed by atoms with Crippen molar-refractivity contribution in [1.82, 2.24) is 0 Å². The van der Waals surface area contributed by atoms with E-state index in [1.165, 1.54) is 6.92 Å². The first-order valence-corrected chi connectivity index (χ1v) is 9.76. The van der Waals surface area contributed by atoms with E-state index in [0.29, 0.717) is 23.2 Å². The van der Waals surface area contributed by atoms with Crippen molar-refractivity contribution in [2.75, 3.05) is 6.61 Å². The standard InChI is InChI=1S/C17H30O3Si/c1-9-17(20-16(8)18)11-10-12-19-21(13(2)3,14(4)5)15(6)7/h1,10-11,13-15,17H,12H2,2-8H3/t17-/m0/s1. The van der Waals surface area contributed by atoms with Gasteiger partial charge in [-0.2, -0.15) is 0 Å². The summed E-state index contributed by atoms with van der Waals surface area (Å²) >= 11 is 0. The van der Waals surface area contributed by atoms with Crippen LogP contribution in [0.4, 0.5) is 0 Å². The molecule has 0 fully saturated rings. The Hall–Kier alpha value is -1.05. The lowest BCUT2D eigenvalue weighted by atomic mass is 10.3. The van der Waals surface area contributed by atoms with E-state index >= 15 is 0 Å². The average molecular weight is 311 g/mol. The van der Waals surface area contributed by atoms with Gasteiger partial charge in [-0.05, 0) is 22.7 Å². The number of esters is 1. The lowest BCUT2D eigenvalue weighted by Gasteiger charge is -2.41. The lowest BCUT2D eigenvalue weighted by Crippen LogP contribution is -2.47. The Bertz CT molecular complexity index is 370. The van der Waals surface area contributed by atoms with Crippen LogP contribution in [0.3, 0.4) is 0 Å². The molecule has 0 bridgehead atoms. The number of carbonyl (C=O) groups is 1. The molecule has 3 nitrogen and oxygen atoms in total. The van der Waals surface area contributed by atoms with E-state index in [2.05, 4.69) is 47.5 Å². The van der Waals surface area contributed by atoms with Crippen LogP contribution in [0.15, 0.2) is 12.2 Å². The van der Waals surface area contributed by atoms with E-state index in [1.807, 2.05) is 6.08 Å². The zero-order valence-corrected chi connectivity index (χ0v) is 15.5. The highest BCUT2D eigenvalue weighted by molar-refractivity contribution is 6.77. The molecule has 120 valence electrons. The third-order valence-electron chi connectivity index (χ3n) is 3.90. The van der Waals surface area contributed by atoms with Crippen molar-refractivity contribution in [3.8, 4) is 12.3 Å². The van der Waals surface area contributed by atoms with Crippen molar-refractivity contribution in [3.05, 3.63) is 12.2 Å². The van der Waals surface area contributed by atoms with E-state index in [0.717, 1.165) is 0 Å². The van der Waals surface area contributed by atoms with Crippen molar-refractivity contribution >= 4 is 14.3 Å². The zero-order valence-electron chi connectivity index (χ0n) is 14.5. The van der Waals surface area contributed by atoms with Crippen molar-refractivity contribution < 1.29 is 14.0 Å². The van der Waals surface area contributed by atoms with E-state index in [-0.39, 0.29) is 5.97 Å². The van der Waals surface area contributed by atoms with Gasteiger partial charge in [-0.25, -0.2) is 0 Å². The maximum absolute atomic E-state index is 10.9. The van der Waals surface area contributed by atoms with Gasteiger partial charge in [0.15, 0.2) is 6.10 Å². The molecule has 0 spiro atoms. The molecule has 0 rings (SSSR count). The molecule has 0 unspecified atom stereocenters. The van der Waals surface area contributed by atoms with Gasteiger partial charge in [0, 0.05) is 6.92 Å². The van der Waals surface area contributed by atoms with Crippen LogP contribution < -0.4 is 0 Å². The molecule has 21 heavy (non-hydrogen) atoms. The molecule has 1 atom stereocenters. The number of hydrogen-bond donors (Lipinski definition) is 0. The fourth-order valence-electron chi connectivity index (χ4n) is 3.18. The molecule has 0 aromatic carbocycles. The normalized spacial score (nSPS) is 14.0. The summed E-state index contributed by atoms with van der Waals surface area (Å²) in [6, 6.07) is 0. The van der Waals surface area contributed by atoms with Gasteiger partial charge in [-0.1, -0.05) is 53.5 Å². The van der Waals surface area contributed by atoms with Gasteiger partial charge in [0.25, 0.3) is 0 Å². The molecular weight excluding hydrogens is 280 g/mol. The minimum atomic E-state index is -1.85. The van der Waals surface area contributed by atoms with Crippen LogP contribution in [0.2, 0.25) is 16.6 Å². The summed E-state index contributed by atoms with van der Waals surface area (Å²) in [6.07, 6.45) is 8.28. The summed E-state index contributed by atoms with van der Waals surface area (Å²) in [5, 5.41) is 0. The largest absolute Gasteiger partial charge is 0.445 e. The summed E-state index contributed by atoms with van der Waals surface area (Å²) in [6.45, 7) is 15.4.